The molecular weight excluding hydrogens is 200 g/mol. The maximum absolute atomic E-state index is 12.4. The molecule has 1 rings (SSSR count). The second-order valence-corrected chi connectivity index (χ2v) is 3.05. The summed E-state index contributed by atoms with van der Waals surface area (Å²) in [7, 11) is 0. The van der Waals surface area contributed by atoms with Crippen LogP contribution in [0.3, 0.4) is 0 Å². The molecule has 0 bridgehead atoms. The molecule has 1 heterocycles. The highest BCUT2D eigenvalue weighted by atomic mass is 35.5. The van der Waals surface area contributed by atoms with Gasteiger partial charge in [0, 0.05) is 6.92 Å². The van der Waals surface area contributed by atoms with Crippen molar-refractivity contribution in [2.45, 2.75) is 12.8 Å². The molecule has 6 heteroatoms. The fourth-order valence-electron chi connectivity index (χ4n) is 0.656. The average molecular weight is 208 g/mol. The summed E-state index contributed by atoms with van der Waals surface area (Å²) < 4.78 is 24.7. The van der Waals surface area contributed by atoms with Crippen LogP contribution in [0.2, 0.25) is 5.15 Å². The van der Waals surface area contributed by atoms with Crippen LogP contribution in [0.5, 0.6) is 0 Å². The van der Waals surface area contributed by atoms with Crippen LogP contribution in [0.15, 0.2) is 12.1 Å². The van der Waals surface area contributed by atoms with Gasteiger partial charge in [0.15, 0.2) is 5.15 Å². The van der Waals surface area contributed by atoms with Crippen molar-refractivity contribution < 1.29 is 8.78 Å². The maximum atomic E-state index is 12.4. The maximum Gasteiger partial charge on any atom is 0.262 e. The minimum absolute atomic E-state index is 0.230. The Hall–Kier alpha value is -0.970. The molecule has 1 aromatic heterocycles. The van der Waals surface area contributed by atoms with Crippen molar-refractivity contribution in [1.29, 1.82) is 0 Å². The summed E-state index contributed by atoms with van der Waals surface area (Å²) in [6.07, 6.45) is 0. The normalized spacial score (nSPS) is 11.4. The van der Waals surface area contributed by atoms with Gasteiger partial charge in [-0.25, -0.2) is 8.78 Å². The molecule has 0 radical (unpaired) electrons. The smallest absolute Gasteiger partial charge is 0.262 e. The molecule has 0 aliphatic heterocycles. The summed E-state index contributed by atoms with van der Waals surface area (Å²) in [5.74, 6) is -2.48. The molecule has 0 saturated carbocycles. The fraction of sp³-hybridized carbons (Fsp3) is 0.429. The van der Waals surface area contributed by atoms with Gasteiger partial charge in [0.1, 0.15) is 5.82 Å². The summed E-state index contributed by atoms with van der Waals surface area (Å²) in [4.78, 5) is 0. The third-order valence-electron chi connectivity index (χ3n) is 1.21. The molecule has 1 N–H and O–H groups in total. The fourth-order valence-corrected chi connectivity index (χ4v) is 0.757. The molecule has 0 fully saturated rings. The van der Waals surface area contributed by atoms with Crippen LogP contribution >= 0.6 is 11.6 Å². The van der Waals surface area contributed by atoms with Crippen LogP contribution in [0.4, 0.5) is 14.6 Å². The molecule has 0 saturated heterocycles. The topological polar surface area (TPSA) is 37.8 Å². The molecule has 0 aromatic carbocycles. The van der Waals surface area contributed by atoms with Gasteiger partial charge in [0.25, 0.3) is 5.92 Å². The number of hydrogen-bond acceptors (Lipinski definition) is 3. The summed E-state index contributed by atoms with van der Waals surface area (Å²) in [5.41, 5.74) is 0. The predicted octanol–water partition coefficient (Wildman–Crippen LogP) is 2.20. The van der Waals surface area contributed by atoms with Crippen molar-refractivity contribution in [3.63, 3.8) is 0 Å². The Morgan fingerprint density at radius 2 is 2.15 bits per heavy atom. The Bertz CT molecular complexity index is 270. The van der Waals surface area contributed by atoms with Gasteiger partial charge in [-0.05, 0) is 12.1 Å². The lowest BCUT2D eigenvalue weighted by Gasteiger charge is -2.10. The van der Waals surface area contributed by atoms with Gasteiger partial charge in [-0.3, -0.25) is 0 Å². The van der Waals surface area contributed by atoms with Crippen LogP contribution in [0, 0.1) is 0 Å². The van der Waals surface area contributed by atoms with Crippen LogP contribution < -0.4 is 5.32 Å². The van der Waals surface area contributed by atoms with Gasteiger partial charge < -0.3 is 5.32 Å². The van der Waals surface area contributed by atoms with Crippen molar-refractivity contribution >= 4 is 17.4 Å². The Balaban J connectivity index is 2.51. The minimum atomic E-state index is -2.76. The Kier molecular flexibility index (Phi) is 2.98. The number of hydrogen-bond donors (Lipinski definition) is 1. The van der Waals surface area contributed by atoms with E-state index in [0.29, 0.717) is 0 Å². The molecular formula is C7H8ClF2N3. The number of nitrogens with one attached hydrogen (secondary N) is 1. The highest BCUT2D eigenvalue weighted by Crippen LogP contribution is 2.12. The van der Waals surface area contributed by atoms with Crippen LogP contribution in [-0.2, 0) is 0 Å². The Morgan fingerprint density at radius 3 is 2.62 bits per heavy atom. The number of alkyl halides is 2. The third kappa shape index (κ3) is 3.98. The average Bonchev–Trinajstić information content (AvgIpc) is 2.02. The van der Waals surface area contributed by atoms with E-state index in [0.717, 1.165) is 6.92 Å². The summed E-state index contributed by atoms with van der Waals surface area (Å²) in [6, 6.07) is 2.96. The van der Waals surface area contributed by atoms with E-state index in [1.807, 2.05) is 0 Å². The van der Waals surface area contributed by atoms with Gasteiger partial charge in [0.05, 0.1) is 6.54 Å². The number of anilines is 1. The number of rotatable bonds is 3. The van der Waals surface area contributed by atoms with Crippen LogP contribution in [0.1, 0.15) is 6.92 Å². The molecule has 1 aromatic rings. The van der Waals surface area contributed by atoms with Gasteiger partial charge in [-0.2, -0.15) is 0 Å². The van der Waals surface area contributed by atoms with Crippen molar-refractivity contribution in [2.75, 3.05) is 11.9 Å². The second kappa shape index (κ2) is 3.83. The number of halogens is 3. The summed E-state index contributed by atoms with van der Waals surface area (Å²) >= 11 is 5.45. The Labute approximate surface area is 79.1 Å². The second-order valence-electron chi connectivity index (χ2n) is 2.67. The quantitative estimate of drug-likeness (QED) is 0.826. The van der Waals surface area contributed by atoms with Crippen molar-refractivity contribution in [3.05, 3.63) is 17.3 Å². The number of nitrogens with zero attached hydrogens (tertiary/aromatic N) is 2. The SMILES string of the molecule is CC(F)(F)CNc1ccc(Cl)nn1. The first-order valence-corrected chi connectivity index (χ1v) is 3.96. The van der Waals surface area contributed by atoms with Gasteiger partial charge in [-0.15, -0.1) is 10.2 Å². The van der Waals surface area contributed by atoms with Crippen molar-refractivity contribution in [2.24, 2.45) is 0 Å². The summed E-state index contributed by atoms with van der Waals surface area (Å²) in [5, 5.41) is 9.70. The van der Waals surface area contributed by atoms with Crippen molar-refractivity contribution in [1.82, 2.24) is 10.2 Å². The predicted molar refractivity (Wildman–Crippen MR) is 46.2 cm³/mol. The van der Waals surface area contributed by atoms with E-state index in [2.05, 4.69) is 15.5 Å². The molecule has 0 amide bonds. The van der Waals surface area contributed by atoms with Crippen LogP contribution in [0.25, 0.3) is 0 Å². The summed E-state index contributed by atoms with van der Waals surface area (Å²) in [6.45, 7) is 0.354. The molecule has 0 spiro atoms. The van der Waals surface area contributed by atoms with Gasteiger partial charge in [-0.1, -0.05) is 11.6 Å². The lowest BCUT2D eigenvalue weighted by Crippen LogP contribution is -2.23. The zero-order valence-corrected chi connectivity index (χ0v) is 7.65. The first kappa shape index (κ1) is 10.1. The largest absolute Gasteiger partial charge is 0.363 e. The first-order chi connectivity index (χ1) is 5.97. The first-order valence-electron chi connectivity index (χ1n) is 3.58. The van der Waals surface area contributed by atoms with E-state index in [1.165, 1.54) is 12.1 Å². The highest BCUT2D eigenvalue weighted by molar-refractivity contribution is 6.29. The lowest BCUT2D eigenvalue weighted by atomic mass is 10.4. The van der Waals surface area contributed by atoms with E-state index in [9.17, 15) is 8.78 Å². The molecule has 3 nitrogen and oxygen atoms in total. The molecule has 0 unspecified atom stereocenters. The van der Waals surface area contributed by atoms with E-state index in [4.69, 9.17) is 11.6 Å². The van der Waals surface area contributed by atoms with E-state index in [-0.39, 0.29) is 11.0 Å². The van der Waals surface area contributed by atoms with E-state index in [1.54, 1.807) is 0 Å². The van der Waals surface area contributed by atoms with Crippen LogP contribution in [-0.4, -0.2) is 22.7 Å². The molecule has 0 aliphatic rings. The van der Waals surface area contributed by atoms with Gasteiger partial charge >= 0.3 is 0 Å². The number of aromatic nitrogens is 2. The molecule has 0 atom stereocenters. The van der Waals surface area contributed by atoms with E-state index >= 15 is 0 Å². The zero-order valence-electron chi connectivity index (χ0n) is 6.89. The Morgan fingerprint density at radius 1 is 1.46 bits per heavy atom. The van der Waals surface area contributed by atoms with Gasteiger partial charge in [0.2, 0.25) is 0 Å². The molecule has 72 valence electrons. The standard InChI is InChI=1S/C7H8ClF2N3/c1-7(9,10)4-11-6-3-2-5(8)12-13-6/h2-3H,4H2,1H3,(H,11,13). The minimum Gasteiger partial charge on any atom is -0.363 e. The monoisotopic (exact) mass is 207 g/mol. The van der Waals surface area contributed by atoms with Crippen molar-refractivity contribution in [3.8, 4) is 0 Å². The molecule has 13 heavy (non-hydrogen) atoms. The zero-order chi connectivity index (χ0) is 9.90. The highest BCUT2D eigenvalue weighted by Gasteiger charge is 2.20. The third-order valence-corrected chi connectivity index (χ3v) is 1.41. The molecule has 0 aliphatic carbocycles. The lowest BCUT2D eigenvalue weighted by molar-refractivity contribution is 0.0367. The van der Waals surface area contributed by atoms with E-state index < -0.39 is 12.5 Å².